The molecule has 10 rings (SSSR count). The molecule has 85 heavy (non-hydrogen) atoms. The van der Waals surface area contributed by atoms with Gasteiger partial charge < -0.3 is 11.1 Å². The summed E-state index contributed by atoms with van der Waals surface area (Å²) in [6, 6.07) is 54.3. The summed E-state index contributed by atoms with van der Waals surface area (Å²) in [5.74, 6) is -0.257. The summed E-state index contributed by atoms with van der Waals surface area (Å²) >= 11 is 32.3. The first kappa shape index (κ1) is 72.6. The maximum Gasteiger partial charge on any atom is 0.643 e. The second-order valence-electron chi connectivity index (χ2n) is 15.7. The Hall–Kier alpha value is -6.71. The van der Waals surface area contributed by atoms with E-state index in [1.165, 1.54) is 71.2 Å². The molecule has 2 aromatic heterocycles. The molecule has 0 spiro atoms. The fourth-order valence-corrected chi connectivity index (χ4v) is 7.75. The number of nitro groups is 2. The highest BCUT2D eigenvalue weighted by atomic mass is 79.9. The Morgan fingerprint density at radius 3 is 1.05 bits per heavy atom. The minimum Gasteiger partial charge on any atom is -0.399 e. The van der Waals surface area contributed by atoms with Crippen LogP contribution in [0.4, 0.5) is 27.9 Å². The maximum absolute atomic E-state index is 12.3. The first-order valence-electron chi connectivity index (χ1n) is 23.2. The number of rotatable bonds is 11. The van der Waals surface area contributed by atoms with Gasteiger partial charge in [0.1, 0.15) is 11.0 Å². The summed E-state index contributed by atoms with van der Waals surface area (Å²) in [5.41, 5.74) is 13.9. The molecule has 28 heteroatoms. The maximum atomic E-state index is 12.3. The van der Waals surface area contributed by atoms with Crippen molar-refractivity contribution in [2.24, 2.45) is 0 Å². The summed E-state index contributed by atoms with van der Waals surface area (Å²) in [7, 11) is 14.8. The number of nitro benzene ring substituents is 2. The lowest BCUT2D eigenvalue weighted by Crippen LogP contribution is -2.01. The number of aromatic nitrogens is 4. The number of carbonyl (C=O) groups excluding carboxylic acids is 4. The van der Waals surface area contributed by atoms with Gasteiger partial charge in [0.25, 0.3) is 16.6 Å². The molecule has 0 aliphatic rings. The molecule has 0 saturated carbocycles. The molecule has 0 atom stereocenters. The van der Waals surface area contributed by atoms with Gasteiger partial charge >= 0.3 is 11.4 Å². The number of hydrogen-bond acceptors (Lipinski definition) is 16. The molecule has 10 aromatic rings. The quantitative estimate of drug-likeness (QED) is 0.0306. The monoisotopic (exact) mass is 1420 g/mol. The fourth-order valence-electron chi connectivity index (χ4n) is 6.02. The van der Waals surface area contributed by atoms with Crippen LogP contribution in [-0.4, -0.2) is 64.2 Å². The van der Waals surface area contributed by atoms with E-state index in [1.807, 2.05) is 42.5 Å². The van der Waals surface area contributed by atoms with Crippen LogP contribution < -0.4 is 11.1 Å². The molecule has 0 bridgehead atoms. The number of benzene rings is 8. The van der Waals surface area contributed by atoms with Gasteiger partial charge in [0.15, 0.2) is 21.3 Å². The number of hydrogen-bond donors (Lipinski definition) is 2. The van der Waals surface area contributed by atoms with Crippen molar-refractivity contribution in [1.82, 2.24) is 20.4 Å². The van der Waals surface area contributed by atoms with Crippen molar-refractivity contribution in [1.29, 1.82) is 0 Å². The molecule has 0 fully saturated rings. The standard InChI is InChI=1S/C15H10ClN3OS.C13H8ClNO3.C13H10ClNO.C7H4ClNO3.C6H5Cl.C2HBrN2S.CH4.Al.3ClH/c16-12-5-1-10(2-6-12)14(20)11-3-7-13(8-4-11)18-15-19-17-9-21-15;14-11-5-1-9(2-6-11)13(16)10-3-7-12(8-4-10)15(17)18;14-11-5-1-9(2-6-11)13(16)10-3-7-12(15)8-4-10;8-7(10)5-1-3-6(4-2-5)9(11)12;7-6-4-2-1-3-5-6;3-2-5-4-1-6-2;;;;;/h1-9H,(H,18,19);1-8H;1-8H,15H2;1-4H;1-5H;1H;1H4;;3*1H/q;;;;;;;+3;;;/p-3. The smallest absolute Gasteiger partial charge is 0.399 e. The van der Waals surface area contributed by atoms with Crippen LogP contribution >= 0.6 is 127 Å². The number of non-ortho nitro benzene ring substituents is 2. The summed E-state index contributed by atoms with van der Waals surface area (Å²) in [6.07, 6.45) is 0. The minimum atomic E-state index is -1.72. The molecule has 8 aromatic carbocycles. The zero-order valence-corrected chi connectivity index (χ0v) is 53.0. The Morgan fingerprint density at radius 1 is 0.471 bits per heavy atom. The van der Waals surface area contributed by atoms with Crippen LogP contribution in [0.25, 0.3) is 0 Å². The van der Waals surface area contributed by atoms with Crippen LogP contribution in [0.1, 0.15) is 65.5 Å². The molecule has 436 valence electrons. The second-order valence-corrected chi connectivity index (χ2v) is 27.2. The highest BCUT2D eigenvalue weighted by Crippen LogP contribution is 2.22. The number of ketones is 3. The van der Waals surface area contributed by atoms with E-state index >= 15 is 0 Å². The highest BCUT2D eigenvalue weighted by molar-refractivity contribution is 9.11. The highest BCUT2D eigenvalue weighted by Gasteiger charge is 2.13. The molecule has 0 unspecified atom stereocenters. The Balaban J connectivity index is 0.000000273. The topological polar surface area (TPSA) is 244 Å². The van der Waals surface area contributed by atoms with Gasteiger partial charge in [-0.25, -0.2) is 30.1 Å². The van der Waals surface area contributed by atoms with Crippen molar-refractivity contribution in [3.05, 3.63) is 294 Å². The molecule has 0 aliphatic carbocycles. The molecular weight excluding hydrogens is 1380 g/mol. The van der Waals surface area contributed by atoms with Gasteiger partial charge in [0.2, 0.25) is 5.13 Å². The SMILES string of the molecule is Brc1nncs1.C.Clc1ccccc1.Nc1ccc(C(=O)c2ccc(Cl)cc2)cc1.O=C(Cl)c1ccc([N+](=O)[O-])cc1.O=C(c1ccc(Cl)cc1)c1ccc(Nc2nncs2)cc1.O=C(c1ccc(Cl)cc1)c1ccc([N+](=O)[O-])cc1.[Cl][Al]([Cl])[Cl]. The van der Waals surface area contributed by atoms with Crippen LogP contribution in [0.15, 0.2) is 215 Å². The third-order valence-electron chi connectivity index (χ3n) is 9.96. The minimum absolute atomic E-state index is 0. The third kappa shape index (κ3) is 27.9. The number of carbonyl (C=O) groups is 4. The Bertz CT molecular complexity index is 3570. The number of anilines is 3. The van der Waals surface area contributed by atoms with Crippen molar-refractivity contribution >= 4 is 189 Å². The first-order chi connectivity index (χ1) is 40.1. The van der Waals surface area contributed by atoms with Crippen LogP contribution in [0, 0.1) is 20.2 Å². The van der Waals surface area contributed by atoms with E-state index in [0.29, 0.717) is 59.3 Å². The van der Waals surface area contributed by atoms with Gasteiger partial charge in [0, 0.05) is 94.7 Å². The summed E-state index contributed by atoms with van der Waals surface area (Å²) in [4.78, 5) is 66.5. The van der Waals surface area contributed by atoms with Crippen molar-refractivity contribution in [3.8, 4) is 0 Å². The predicted molar refractivity (Wildman–Crippen MR) is 351 cm³/mol. The molecule has 0 radical (unpaired) electrons. The molecule has 2 heterocycles. The lowest BCUT2D eigenvalue weighted by atomic mass is 10.0. The van der Waals surface area contributed by atoms with E-state index in [2.05, 4.69) is 41.6 Å². The number of nitrogens with two attached hydrogens (primary N) is 1. The number of halogens is 9. The normalized spacial score (nSPS) is 9.56. The van der Waals surface area contributed by atoms with Crippen molar-refractivity contribution in [2.45, 2.75) is 7.43 Å². The van der Waals surface area contributed by atoms with E-state index in [4.69, 9.17) is 93.9 Å². The van der Waals surface area contributed by atoms with Crippen LogP contribution in [-0.2, 0) is 0 Å². The largest absolute Gasteiger partial charge is 0.643 e. The van der Waals surface area contributed by atoms with Gasteiger partial charge in [-0.15, -0.1) is 20.4 Å². The number of nitrogens with zero attached hydrogens (tertiary/aromatic N) is 6. The lowest BCUT2D eigenvalue weighted by molar-refractivity contribution is -0.385. The average Bonchev–Trinajstić information content (AvgIpc) is 4.38. The van der Waals surface area contributed by atoms with Crippen molar-refractivity contribution < 1.29 is 29.0 Å². The molecule has 0 saturated heterocycles. The Kier molecular flexibility index (Phi) is 33.4. The number of nitrogen functional groups attached to an aromatic ring is 1. The van der Waals surface area contributed by atoms with Crippen LogP contribution in [0.5, 0.6) is 0 Å². The van der Waals surface area contributed by atoms with Gasteiger partial charge in [-0.2, -0.15) is 0 Å². The van der Waals surface area contributed by atoms with E-state index in [0.717, 1.165) is 14.6 Å². The molecule has 0 aliphatic heterocycles. The van der Waals surface area contributed by atoms with Gasteiger partial charge in [0.05, 0.1) is 9.85 Å². The molecule has 3 N–H and O–H groups in total. The summed E-state index contributed by atoms with van der Waals surface area (Å²) in [5, 5.41) is 41.3. The van der Waals surface area contributed by atoms with Gasteiger partial charge in [-0.1, -0.05) is 94.7 Å². The third-order valence-corrected chi connectivity index (χ3v) is 13.0. The first-order valence-corrected chi connectivity index (χ1v) is 32.9. The second kappa shape index (κ2) is 39.1. The average molecular weight is 1420 g/mol. The van der Waals surface area contributed by atoms with E-state index < -0.39 is 26.5 Å². The van der Waals surface area contributed by atoms with Crippen molar-refractivity contribution in [3.63, 3.8) is 0 Å². The molecular formula is C57H42AlBrCl8N8O8S2. The predicted octanol–water partition coefficient (Wildman–Crippen LogP) is 18.7. The zero-order chi connectivity index (χ0) is 61.6. The Morgan fingerprint density at radius 2 is 0.776 bits per heavy atom. The number of nitrogens with one attached hydrogen (secondary N) is 1. The lowest BCUT2D eigenvalue weighted by Gasteiger charge is -2.04. The van der Waals surface area contributed by atoms with E-state index in [9.17, 15) is 39.4 Å². The summed E-state index contributed by atoms with van der Waals surface area (Å²) < 4.78 is 0.836. The summed E-state index contributed by atoms with van der Waals surface area (Å²) in [6.45, 7) is 0. The van der Waals surface area contributed by atoms with Crippen molar-refractivity contribution in [2.75, 3.05) is 11.1 Å². The van der Waals surface area contributed by atoms with Gasteiger partial charge in [-0.3, -0.25) is 39.4 Å². The van der Waals surface area contributed by atoms with Gasteiger partial charge in [-0.05, 0) is 185 Å². The zero-order valence-electron chi connectivity index (χ0n) is 42.5. The molecule has 0 amide bonds. The van der Waals surface area contributed by atoms with E-state index in [-0.39, 0.29) is 41.7 Å². The fraction of sp³-hybridized carbons (Fsp3) is 0.0175. The van der Waals surface area contributed by atoms with Crippen LogP contribution in [0.3, 0.4) is 0 Å². The molecule has 16 nitrogen and oxygen atoms in total. The van der Waals surface area contributed by atoms with E-state index in [1.54, 1.807) is 120 Å². The Labute approximate surface area is 545 Å². The van der Waals surface area contributed by atoms with Crippen LogP contribution in [0.2, 0.25) is 20.1 Å².